The van der Waals surface area contributed by atoms with E-state index < -0.39 is 11.6 Å². The van der Waals surface area contributed by atoms with Crippen LogP contribution < -0.4 is 9.64 Å². The van der Waals surface area contributed by atoms with Gasteiger partial charge in [-0.2, -0.15) is 0 Å². The molecule has 0 bridgehead atoms. The molecule has 2 aliphatic heterocycles. The minimum atomic E-state index is -0.837. The van der Waals surface area contributed by atoms with E-state index in [1.54, 1.807) is 11.8 Å². The summed E-state index contributed by atoms with van der Waals surface area (Å²) >= 11 is 0. The molecule has 0 N–H and O–H groups in total. The van der Waals surface area contributed by atoms with Gasteiger partial charge in [-0.25, -0.2) is 0 Å². The number of nitrogens with zero attached hydrogens (tertiary/aromatic N) is 2. The molecule has 0 spiro atoms. The van der Waals surface area contributed by atoms with Crippen molar-refractivity contribution in [3.8, 4) is 5.75 Å². The quantitative estimate of drug-likeness (QED) is 0.680. The third kappa shape index (κ3) is 3.46. The summed E-state index contributed by atoms with van der Waals surface area (Å²) in [6.45, 7) is 10.2. The summed E-state index contributed by atoms with van der Waals surface area (Å²) in [5.41, 5.74) is 2.19. The number of carbonyl (C=O) groups excluding carboxylic acids is 3. The van der Waals surface area contributed by atoms with Crippen LogP contribution in [0, 0.1) is 11.8 Å². The number of allylic oxidation sites excluding steroid dienone is 1. The van der Waals surface area contributed by atoms with Gasteiger partial charge in [-0.3, -0.25) is 19.3 Å². The number of anilines is 1. The second-order valence-electron chi connectivity index (χ2n) is 9.49. The molecular formula is C25H32N2O4. The highest BCUT2D eigenvalue weighted by Crippen LogP contribution is 2.43. The van der Waals surface area contributed by atoms with Crippen molar-refractivity contribution in [2.24, 2.45) is 11.8 Å². The van der Waals surface area contributed by atoms with Crippen LogP contribution in [0.1, 0.15) is 65.9 Å². The molecule has 2 heterocycles. The molecular weight excluding hydrogens is 392 g/mol. The fourth-order valence-corrected chi connectivity index (χ4v) is 5.53. The summed E-state index contributed by atoms with van der Waals surface area (Å²) < 4.78 is 5.65. The molecule has 3 amide bonds. The van der Waals surface area contributed by atoms with Crippen LogP contribution >= 0.6 is 0 Å². The molecule has 4 rings (SSSR count). The Morgan fingerprint density at radius 2 is 1.77 bits per heavy atom. The molecule has 31 heavy (non-hydrogen) atoms. The maximum absolute atomic E-state index is 13.8. The van der Waals surface area contributed by atoms with E-state index in [-0.39, 0.29) is 29.6 Å². The van der Waals surface area contributed by atoms with E-state index in [1.807, 2.05) is 45.9 Å². The van der Waals surface area contributed by atoms with Gasteiger partial charge in [-0.15, -0.1) is 0 Å². The lowest BCUT2D eigenvalue weighted by molar-refractivity contribution is -0.146. The highest BCUT2D eigenvalue weighted by atomic mass is 16.5. The zero-order valence-corrected chi connectivity index (χ0v) is 19.1. The summed E-state index contributed by atoms with van der Waals surface area (Å²) in [6, 6.07) is 4.88. The van der Waals surface area contributed by atoms with Gasteiger partial charge in [0.15, 0.2) is 0 Å². The van der Waals surface area contributed by atoms with Crippen molar-refractivity contribution < 1.29 is 19.1 Å². The Morgan fingerprint density at radius 3 is 2.35 bits per heavy atom. The molecule has 1 aromatic rings. The van der Waals surface area contributed by atoms with E-state index in [0.717, 1.165) is 48.3 Å². The number of rotatable bonds is 4. The molecule has 3 atom stereocenters. The van der Waals surface area contributed by atoms with Gasteiger partial charge in [0.1, 0.15) is 11.8 Å². The Bertz CT molecular complexity index is 940. The van der Waals surface area contributed by atoms with E-state index in [0.29, 0.717) is 6.61 Å². The van der Waals surface area contributed by atoms with Crippen molar-refractivity contribution in [1.29, 1.82) is 0 Å². The number of hydrogen-bond acceptors (Lipinski definition) is 4. The number of ether oxygens (including phenoxy) is 1. The van der Waals surface area contributed by atoms with Crippen molar-refractivity contribution in [2.45, 2.75) is 71.9 Å². The summed E-state index contributed by atoms with van der Waals surface area (Å²) in [7, 11) is 0. The van der Waals surface area contributed by atoms with E-state index in [9.17, 15) is 14.4 Å². The molecule has 2 fully saturated rings. The fraction of sp³-hybridized carbons (Fsp3) is 0.560. The van der Waals surface area contributed by atoms with Crippen LogP contribution in [0.25, 0.3) is 5.57 Å². The number of likely N-dealkylation sites (tertiary alicyclic amines) is 1. The molecule has 6 heteroatoms. The van der Waals surface area contributed by atoms with Crippen molar-refractivity contribution in [1.82, 2.24) is 4.90 Å². The summed E-state index contributed by atoms with van der Waals surface area (Å²) in [4.78, 5) is 42.9. The van der Waals surface area contributed by atoms with Crippen molar-refractivity contribution >= 4 is 29.0 Å². The minimum Gasteiger partial charge on any atom is -0.494 e. The fourth-order valence-electron chi connectivity index (χ4n) is 5.53. The second kappa shape index (κ2) is 7.81. The number of fused-ring (bicyclic) bond motifs is 2. The molecule has 0 aromatic heterocycles. The van der Waals surface area contributed by atoms with Gasteiger partial charge in [-0.05, 0) is 71.2 Å². The average Bonchev–Trinajstić information content (AvgIpc) is 2.98. The van der Waals surface area contributed by atoms with E-state index >= 15 is 0 Å². The first-order chi connectivity index (χ1) is 14.7. The Hall–Kier alpha value is -2.63. The Morgan fingerprint density at radius 1 is 1.16 bits per heavy atom. The van der Waals surface area contributed by atoms with Crippen LogP contribution in [0.2, 0.25) is 0 Å². The summed E-state index contributed by atoms with van der Waals surface area (Å²) in [6.07, 6.45) is 5.48. The monoisotopic (exact) mass is 424 g/mol. The van der Waals surface area contributed by atoms with Gasteiger partial charge >= 0.3 is 0 Å². The first-order valence-electron chi connectivity index (χ1n) is 11.3. The Balaban J connectivity index is 1.69. The van der Waals surface area contributed by atoms with Crippen molar-refractivity contribution in [3.63, 3.8) is 0 Å². The predicted molar refractivity (Wildman–Crippen MR) is 120 cm³/mol. The van der Waals surface area contributed by atoms with E-state index in [4.69, 9.17) is 4.74 Å². The predicted octanol–water partition coefficient (Wildman–Crippen LogP) is 4.18. The molecule has 166 valence electrons. The van der Waals surface area contributed by atoms with Crippen LogP contribution in [0.15, 0.2) is 24.3 Å². The number of hydrogen-bond donors (Lipinski definition) is 0. The molecule has 3 aliphatic rings. The topological polar surface area (TPSA) is 66.9 Å². The third-order valence-corrected chi connectivity index (χ3v) is 6.93. The normalized spacial score (nSPS) is 25.6. The number of amides is 3. The summed E-state index contributed by atoms with van der Waals surface area (Å²) in [5.74, 6) is -0.348. The average molecular weight is 425 g/mol. The van der Waals surface area contributed by atoms with Crippen molar-refractivity contribution in [3.05, 3.63) is 29.8 Å². The molecule has 1 saturated heterocycles. The maximum atomic E-state index is 13.8. The van der Waals surface area contributed by atoms with Gasteiger partial charge in [0.05, 0.1) is 29.7 Å². The SMILES string of the molecule is CCOc1ccc2c(c1)C(C)=CC(C)(C)N2C(=O)[C@@H](C)N1C(=O)[C@H]2CCCC[C@@H]2C1=O. The summed E-state index contributed by atoms with van der Waals surface area (Å²) in [5, 5.41) is 0. The third-order valence-electron chi connectivity index (χ3n) is 6.93. The molecule has 1 aliphatic carbocycles. The smallest absolute Gasteiger partial charge is 0.250 e. The largest absolute Gasteiger partial charge is 0.494 e. The van der Waals surface area contributed by atoms with E-state index in [2.05, 4.69) is 6.08 Å². The first kappa shape index (κ1) is 21.6. The molecule has 0 radical (unpaired) electrons. The highest BCUT2D eigenvalue weighted by Gasteiger charge is 2.52. The number of imide groups is 1. The van der Waals surface area contributed by atoms with Gasteiger partial charge in [0.25, 0.3) is 5.91 Å². The highest BCUT2D eigenvalue weighted by molar-refractivity contribution is 6.11. The van der Waals surface area contributed by atoms with Crippen molar-refractivity contribution in [2.75, 3.05) is 11.5 Å². The van der Waals surface area contributed by atoms with Crippen LogP contribution in [0.4, 0.5) is 5.69 Å². The maximum Gasteiger partial charge on any atom is 0.250 e. The van der Waals surface area contributed by atoms with Crippen LogP contribution in [-0.4, -0.2) is 40.8 Å². The Labute approximate surface area is 184 Å². The van der Waals surface area contributed by atoms with Crippen LogP contribution in [-0.2, 0) is 14.4 Å². The second-order valence-corrected chi connectivity index (χ2v) is 9.49. The molecule has 1 aromatic carbocycles. The lowest BCUT2D eigenvalue weighted by Gasteiger charge is -2.43. The van der Waals surface area contributed by atoms with Crippen LogP contribution in [0.3, 0.4) is 0 Å². The lowest BCUT2D eigenvalue weighted by Crippen LogP contribution is -2.57. The van der Waals surface area contributed by atoms with Gasteiger partial charge in [0, 0.05) is 5.56 Å². The van der Waals surface area contributed by atoms with Gasteiger partial charge in [0.2, 0.25) is 11.8 Å². The molecule has 6 nitrogen and oxygen atoms in total. The van der Waals surface area contributed by atoms with Crippen LogP contribution in [0.5, 0.6) is 5.75 Å². The van der Waals surface area contributed by atoms with Gasteiger partial charge < -0.3 is 9.64 Å². The zero-order valence-electron chi connectivity index (χ0n) is 19.1. The number of benzene rings is 1. The Kier molecular flexibility index (Phi) is 5.44. The number of carbonyl (C=O) groups is 3. The molecule has 0 unspecified atom stereocenters. The van der Waals surface area contributed by atoms with Gasteiger partial charge in [-0.1, -0.05) is 18.9 Å². The lowest BCUT2D eigenvalue weighted by atomic mass is 9.81. The minimum absolute atomic E-state index is 0.177. The van der Waals surface area contributed by atoms with E-state index in [1.165, 1.54) is 4.90 Å². The first-order valence-corrected chi connectivity index (χ1v) is 11.3. The zero-order chi connectivity index (χ0) is 22.5. The standard InChI is InChI=1S/C25H32N2O4/c1-6-31-17-11-12-21-20(13-17)15(2)14-25(4,5)27(21)22(28)16(3)26-23(29)18-9-7-8-10-19(18)24(26)30/h11-14,16,18-19H,6-10H2,1-5H3/t16-,18+,19+/m1/s1. The molecule has 1 saturated carbocycles.